The lowest BCUT2D eigenvalue weighted by Crippen LogP contribution is -2.24. The van der Waals surface area contributed by atoms with Gasteiger partial charge < -0.3 is 19.4 Å². The van der Waals surface area contributed by atoms with Crippen LogP contribution >= 0.6 is 0 Å². The average molecular weight is 373 g/mol. The van der Waals surface area contributed by atoms with Crippen LogP contribution in [-0.4, -0.2) is 17.5 Å². The van der Waals surface area contributed by atoms with Gasteiger partial charge in [-0.1, -0.05) is 18.2 Å². The van der Waals surface area contributed by atoms with Crippen molar-refractivity contribution in [2.45, 2.75) is 12.8 Å². The number of hydroxylamine groups is 1. The molecule has 1 saturated carbocycles. The van der Waals surface area contributed by atoms with E-state index in [9.17, 15) is 10.0 Å². The number of hydrogen-bond donors (Lipinski definition) is 0. The van der Waals surface area contributed by atoms with Gasteiger partial charge >= 0.3 is 0 Å². The molecule has 1 aliphatic carbocycles. The van der Waals surface area contributed by atoms with Crippen molar-refractivity contribution in [3.05, 3.63) is 71.7 Å². The lowest BCUT2D eigenvalue weighted by Gasteiger charge is -2.28. The van der Waals surface area contributed by atoms with E-state index in [4.69, 9.17) is 9.15 Å². The molecule has 1 amide bonds. The third kappa shape index (κ3) is 2.88. The molecule has 6 heteroatoms. The number of rotatable bonds is 5. The lowest BCUT2D eigenvalue weighted by molar-refractivity contribution is 0.0999. The second-order valence-corrected chi connectivity index (χ2v) is 6.98. The number of furan rings is 1. The van der Waals surface area contributed by atoms with E-state index in [1.165, 1.54) is 19.0 Å². The van der Waals surface area contributed by atoms with Crippen LogP contribution in [0.3, 0.4) is 0 Å². The largest absolute Gasteiger partial charge is 0.751 e. The van der Waals surface area contributed by atoms with Gasteiger partial charge in [0.05, 0.1) is 17.9 Å². The van der Waals surface area contributed by atoms with Crippen LogP contribution in [0, 0.1) is 11.1 Å². The summed E-state index contributed by atoms with van der Waals surface area (Å²) >= 11 is 0. The van der Waals surface area contributed by atoms with Gasteiger partial charge in [-0.2, -0.15) is 0 Å². The van der Waals surface area contributed by atoms with Crippen molar-refractivity contribution in [2.24, 2.45) is 5.92 Å². The monoisotopic (exact) mass is 373 g/mol. The predicted octanol–water partition coefficient (Wildman–Crippen LogP) is 4.91. The Morgan fingerprint density at radius 1 is 1.18 bits per heavy atom. The molecule has 0 bridgehead atoms. The summed E-state index contributed by atoms with van der Waals surface area (Å²) in [6.07, 6.45) is 5.27. The average Bonchev–Trinajstić information content (AvgIpc) is 3.49. The van der Waals surface area contributed by atoms with Crippen molar-refractivity contribution in [3.63, 3.8) is 0 Å². The Hall–Kier alpha value is -3.38. The molecule has 2 aromatic heterocycles. The van der Waals surface area contributed by atoms with E-state index in [1.54, 1.807) is 30.5 Å². The van der Waals surface area contributed by atoms with E-state index in [0.29, 0.717) is 39.9 Å². The van der Waals surface area contributed by atoms with Crippen LogP contribution in [0.4, 0.5) is 5.69 Å². The van der Waals surface area contributed by atoms with Gasteiger partial charge in [0.25, 0.3) is 0 Å². The quantitative estimate of drug-likeness (QED) is 0.464. The van der Waals surface area contributed by atoms with Gasteiger partial charge in [0.1, 0.15) is 5.58 Å². The number of pyridine rings is 1. The molecule has 1 aliphatic rings. The van der Waals surface area contributed by atoms with Crippen molar-refractivity contribution in [1.82, 2.24) is 4.98 Å². The van der Waals surface area contributed by atoms with Crippen molar-refractivity contribution in [2.75, 3.05) is 11.7 Å². The molecule has 0 unspecified atom stereocenters. The molecule has 6 nitrogen and oxygen atoms in total. The van der Waals surface area contributed by atoms with E-state index in [1.807, 2.05) is 24.3 Å². The third-order valence-electron chi connectivity index (χ3n) is 4.96. The Balaban J connectivity index is 1.64. The smallest absolute Gasteiger partial charge is 0.248 e. The Morgan fingerprint density at radius 3 is 2.82 bits per heavy atom. The highest BCUT2D eigenvalue weighted by Gasteiger charge is 2.24. The topological polar surface area (TPSA) is 78.6 Å². The van der Waals surface area contributed by atoms with Crippen molar-refractivity contribution < 1.29 is 13.9 Å². The Labute approximate surface area is 160 Å². The van der Waals surface area contributed by atoms with Crippen LogP contribution in [0.2, 0.25) is 0 Å². The molecule has 0 N–H and O–H groups in total. The number of amides is 1. The number of anilines is 1. The van der Waals surface area contributed by atoms with Gasteiger partial charge in [-0.15, -0.1) is 0 Å². The first-order valence-electron chi connectivity index (χ1n) is 9.21. The van der Waals surface area contributed by atoms with Crippen molar-refractivity contribution in [1.29, 1.82) is 0 Å². The summed E-state index contributed by atoms with van der Waals surface area (Å²) in [7, 11) is 0. The maximum absolute atomic E-state index is 13.0. The highest BCUT2D eigenvalue weighted by atomic mass is 16.5. The van der Waals surface area contributed by atoms with E-state index in [0.717, 1.165) is 5.39 Å². The number of fused-ring (bicyclic) bond motifs is 3. The fraction of sp³-hybridized carbons (Fsp3) is 0.182. The molecule has 0 radical (unpaired) electrons. The molecule has 4 aromatic rings. The van der Waals surface area contributed by atoms with Gasteiger partial charge in [-0.05, 0) is 49.1 Å². The standard InChI is InChI=1S/C22H17N2O4/c25-22(24(26)15-4-3-11-23-12-15)17-9-10-19(27-13-14-7-8-14)21-20(17)16-5-1-2-6-18(16)28-21/h1-6,9-12,14H,7-8,13H2/q-1. The Morgan fingerprint density at radius 2 is 2.04 bits per heavy atom. The van der Waals surface area contributed by atoms with Gasteiger partial charge in [0.2, 0.25) is 5.91 Å². The molecule has 5 rings (SSSR count). The molecule has 2 aromatic carbocycles. The number of benzene rings is 2. The van der Waals surface area contributed by atoms with Gasteiger partial charge in [0, 0.05) is 23.2 Å². The first kappa shape index (κ1) is 16.8. The van der Waals surface area contributed by atoms with Crippen LogP contribution < -0.4 is 9.80 Å². The highest BCUT2D eigenvalue weighted by Crippen LogP contribution is 2.39. The Kier molecular flexibility index (Phi) is 3.98. The van der Waals surface area contributed by atoms with Crippen LogP contribution in [0.25, 0.3) is 21.9 Å². The number of nitrogens with zero attached hydrogens (tertiary/aromatic N) is 2. The van der Waals surface area contributed by atoms with Crippen LogP contribution in [0.15, 0.2) is 65.3 Å². The van der Waals surface area contributed by atoms with E-state index >= 15 is 0 Å². The van der Waals surface area contributed by atoms with E-state index < -0.39 is 5.91 Å². The number of carbonyl (C=O) groups is 1. The zero-order valence-corrected chi connectivity index (χ0v) is 15.0. The maximum Gasteiger partial charge on any atom is 0.248 e. The van der Waals surface area contributed by atoms with Crippen LogP contribution in [0.5, 0.6) is 5.75 Å². The molecule has 0 saturated heterocycles. The molecular formula is C22H17N2O4-. The fourth-order valence-corrected chi connectivity index (χ4v) is 3.29. The minimum Gasteiger partial charge on any atom is -0.751 e. The third-order valence-corrected chi connectivity index (χ3v) is 4.96. The summed E-state index contributed by atoms with van der Waals surface area (Å²) in [5.74, 6) is 0.509. The molecule has 1 fully saturated rings. The van der Waals surface area contributed by atoms with Gasteiger partial charge in [-0.3, -0.25) is 9.78 Å². The van der Waals surface area contributed by atoms with Gasteiger partial charge in [-0.25, -0.2) is 0 Å². The zero-order valence-electron chi connectivity index (χ0n) is 15.0. The number of aromatic nitrogens is 1. The summed E-state index contributed by atoms with van der Waals surface area (Å²) in [6, 6.07) is 14.0. The van der Waals surface area contributed by atoms with Crippen LogP contribution in [0.1, 0.15) is 23.2 Å². The number of hydrogen-bond acceptors (Lipinski definition) is 5. The summed E-state index contributed by atoms with van der Waals surface area (Å²) in [5, 5.41) is 14.3. The Bertz CT molecular complexity index is 1170. The lowest BCUT2D eigenvalue weighted by atomic mass is 10.0. The van der Waals surface area contributed by atoms with Gasteiger partial charge in [0.15, 0.2) is 11.3 Å². The predicted molar refractivity (Wildman–Crippen MR) is 106 cm³/mol. The molecule has 0 atom stereocenters. The molecule has 0 aliphatic heterocycles. The van der Waals surface area contributed by atoms with E-state index in [2.05, 4.69) is 4.98 Å². The van der Waals surface area contributed by atoms with E-state index in [-0.39, 0.29) is 11.3 Å². The van der Waals surface area contributed by atoms with Crippen molar-refractivity contribution in [3.8, 4) is 5.75 Å². The number of carbonyl (C=O) groups excluding carboxylic acids is 1. The first-order valence-corrected chi connectivity index (χ1v) is 9.21. The number of ether oxygens (including phenoxy) is 1. The summed E-state index contributed by atoms with van der Waals surface area (Å²) < 4.78 is 11.9. The molecular weight excluding hydrogens is 356 g/mol. The minimum absolute atomic E-state index is 0.183. The molecule has 0 spiro atoms. The summed E-state index contributed by atoms with van der Waals surface area (Å²) in [6.45, 7) is 0.628. The fourth-order valence-electron chi connectivity index (χ4n) is 3.29. The number of para-hydroxylation sites is 1. The second-order valence-electron chi connectivity index (χ2n) is 6.98. The zero-order chi connectivity index (χ0) is 19.1. The normalized spacial score (nSPS) is 13.8. The second kappa shape index (κ2) is 6.65. The SMILES string of the molecule is O=C(c1ccc(OCC2CC2)c2oc3ccccc3c12)N([O-])c1cccnc1. The van der Waals surface area contributed by atoms with Crippen molar-refractivity contribution >= 4 is 33.5 Å². The first-order chi connectivity index (χ1) is 13.7. The minimum atomic E-state index is -0.668. The highest BCUT2D eigenvalue weighted by molar-refractivity contribution is 6.21. The summed E-state index contributed by atoms with van der Waals surface area (Å²) in [5.41, 5.74) is 1.60. The molecule has 28 heavy (non-hydrogen) atoms. The molecule has 2 heterocycles. The maximum atomic E-state index is 13.0. The summed E-state index contributed by atoms with van der Waals surface area (Å²) in [4.78, 5) is 16.9. The molecule has 140 valence electrons. The van der Waals surface area contributed by atoms with Crippen LogP contribution in [-0.2, 0) is 0 Å².